The van der Waals surface area contributed by atoms with E-state index in [2.05, 4.69) is 40.7 Å². The summed E-state index contributed by atoms with van der Waals surface area (Å²) in [5.41, 5.74) is 1.84. The maximum absolute atomic E-state index is 4.44. The van der Waals surface area contributed by atoms with E-state index >= 15 is 0 Å². The lowest BCUT2D eigenvalue weighted by atomic mass is 10.3. The van der Waals surface area contributed by atoms with Crippen molar-refractivity contribution in [1.82, 2.24) is 35.4 Å². The summed E-state index contributed by atoms with van der Waals surface area (Å²) < 4.78 is 0. The Morgan fingerprint density at radius 3 is 2.35 bits per heavy atom. The van der Waals surface area contributed by atoms with Crippen LogP contribution in [0.2, 0.25) is 0 Å². The van der Waals surface area contributed by atoms with Crippen LogP contribution in [0, 0.1) is 13.8 Å². The van der Waals surface area contributed by atoms with E-state index in [0.29, 0.717) is 11.9 Å². The fraction of sp³-hybridized carbons (Fsp3) is 0.538. The second-order valence-electron chi connectivity index (χ2n) is 5.23. The molecule has 1 aliphatic heterocycles. The smallest absolute Gasteiger partial charge is 0.248 e. The molecule has 0 bridgehead atoms. The Kier molecular flexibility index (Phi) is 7.63. The van der Waals surface area contributed by atoms with Gasteiger partial charge in [0.05, 0.1) is 6.54 Å². The molecule has 8 nitrogen and oxygen atoms in total. The van der Waals surface area contributed by atoms with Crippen molar-refractivity contribution in [3.63, 3.8) is 0 Å². The van der Waals surface area contributed by atoms with Gasteiger partial charge in [-0.25, -0.2) is 9.97 Å². The zero-order valence-electron chi connectivity index (χ0n) is 13.2. The lowest BCUT2D eigenvalue weighted by Crippen LogP contribution is -2.43. The first-order valence-electron chi connectivity index (χ1n) is 7.13. The molecule has 0 unspecified atom stereocenters. The highest BCUT2D eigenvalue weighted by Crippen LogP contribution is 2.10. The van der Waals surface area contributed by atoms with E-state index in [1.54, 1.807) is 0 Å². The van der Waals surface area contributed by atoms with E-state index in [1.165, 1.54) is 0 Å². The second kappa shape index (κ2) is 8.97. The molecule has 0 amide bonds. The average molecular weight is 361 g/mol. The fourth-order valence-corrected chi connectivity index (χ4v) is 2.38. The Labute approximate surface area is 147 Å². The van der Waals surface area contributed by atoms with Gasteiger partial charge in [0.1, 0.15) is 5.82 Å². The summed E-state index contributed by atoms with van der Waals surface area (Å²) in [5.74, 6) is 1.88. The van der Waals surface area contributed by atoms with Crippen LogP contribution in [0.1, 0.15) is 17.2 Å². The summed E-state index contributed by atoms with van der Waals surface area (Å²) in [6, 6.07) is 1.93. The lowest BCUT2D eigenvalue weighted by Gasteiger charge is -2.25. The van der Waals surface area contributed by atoms with Gasteiger partial charge in [0.15, 0.2) is 0 Å². The number of halogens is 2. The predicted molar refractivity (Wildman–Crippen MR) is 93.8 cm³/mol. The Balaban J connectivity index is 0.00000132. The quantitative estimate of drug-likeness (QED) is 0.753. The Bertz CT molecular complexity index is 592. The van der Waals surface area contributed by atoms with Crippen molar-refractivity contribution in [2.75, 3.05) is 31.5 Å². The molecule has 0 saturated carbocycles. The summed E-state index contributed by atoms with van der Waals surface area (Å²) >= 11 is 0. The first kappa shape index (κ1) is 19.6. The molecule has 3 rings (SSSR count). The third kappa shape index (κ3) is 5.58. The number of aromatic amines is 1. The molecule has 3 heterocycles. The van der Waals surface area contributed by atoms with Crippen LogP contribution in [-0.2, 0) is 6.54 Å². The average Bonchev–Trinajstić information content (AvgIpc) is 2.86. The number of H-pyrrole nitrogens is 1. The Hall–Kier alpha value is -1.48. The van der Waals surface area contributed by atoms with Gasteiger partial charge in [-0.3, -0.25) is 15.3 Å². The van der Waals surface area contributed by atoms with Gasteiger partial charge in [-0.1, -0.05) is 0 Å². The summed E-state index contributed by atoms with van der Waals surface area (Å²) in [6.45, 7) is 8.77. The minimum Gasteiger partial charge on any atom is -0.314 e. The number of aryl methyl sites for hydroxylation is 2. The molecule has 1 aliphatic rings. The maximum atomic E-state index is 4.44. The third-order valence-electron chi connectivity index (χ3n) is 3.32. The molecule has 1 saturated heterocycles. The molecule has 3 N–H and O–H groups in total. The number of nitrogens with zero attached hydrogens (tertiary/aromatic N) is 5. The highest BCUT2D eigenvalue weighted by Gasteiger charge is 2.13. The molecular weight excluding hydrogens is 339 g/mol. The van der Waals surface area contributed by atoms with Gasteiger partial charge >= 0.3 is 0 Å². The molecular formula is C13H22Cl2N8. The Morgan fingerprint density at radius 1 is 1.04 bits per heavy atom. The normalized spacial score (nSPS) is 14.7. The number of anilines is 2. The molecule has 10 heteroatoms. The topological polar surface area (TPSA) is 94.7 Å². The molecule has 0 aliphatic carbocycles. The molecule has 2 aromatic rings. The summed E-state index contributed by atoms with van der Waals surface area (Å²) in [7, 11) is 0. The fourth-order valence-electron chi connectivity index (χ4n) is 2.38. The van der Waals surface area contributed by atoms with Crippen LogP contribution in [0.25, 0.3) is 0 Å². The molecule has 0 atom stereocenters. The maximum Gasteiger partial charge on any atom is 0.248 e. The van der Waals surface area contributed by atoms with Gasteiger partial charge in [-0.2, -0.15) is 4.98 Å². The minimum atomic E-state index is 0. The van der Waals surface area contributed by atoms with Gasteiger partial charge in [-0.15, -0.1) is 29.9 Å². The van der Waals surface area contributed by atoms with Crippen molar-refractivity contribution >= 4 is 36.7 Å². The van der Waals surface area contributed by atoms with Crippen molar-refractivity contribution in [3.8, 4) is 0 Å². The summed E-state index contributed by atoms with van der Waals surface area (Å²) in [6.07, 6.45) is 0. The number of hydrogen-bond acceptors (Lipinski definition) is 7. The second-order valence-corrected chi connectivity index (χ2v) is 5.23. The van der Waals surface area contributed by atoms with E-state index in [0.717, 1.165) is 49.9 Å². The number of nitrogens with one attached hydrogen (secondary N) is 3. The highest BCUT2D eigenvalue weighted by molar-refractivity contribution is 5.85. The standard InChI is InChI=1S/C13H20N8.2ClH/c1-9-7-10(2)16-12(15-9)18-13-17-11(19-20-13)8-21-5-3-14-4-6-21;;/h7,14H,3-6,8H2,1-2H3,(H2,15,16,17,18,19,20);2*1H. The van der Waals surface area contributed by atoms with Crippen molar-refractivity contribution in [1.29, 1.82) is 0 Å². The molecule has 0 radical (unpaired) electrons. The lowest BCUT2D eigenvalue weighted by molar-refractivity contribution is 0.228. The van der Waals surface area contributed by atoms with Gasteiger partial charge in [0, 0.05) is 37.6 Å². The number of aromatic nitrogens is 5. The van der Waals surface area contributed by atoms with Crippen molar-refractivity contribution < 1.29 is 0 Å². The van der Waals surface area contributed by atoms with Gasteiger partial charge < -0.3 is 5.32 Å². The number of hydrogen-bond donors (Lipinski definition) is 3. The summed E-state index contributed by atoms with van der Waals surface area (Å²) in [5, 5.41) is 13.5. The van der Waals surface area contributed by atoms with Gasteiger partial charge in [-0.05, 0) is 19.9 Å². The van der Waals surface area contributed by atoms with E-state index in [9.17, 15) is 0 Å². The van der Waals surface area contributed by atoms with Crippen molar-refractivity contribution in [3.05, 3.63) is 23.3 Å². The largest absolute Gasteiger partial charge is 0.314 e. The number of rotatable bonds is 4. The minimum absolute atomic E-state index is 0. The van der Waals surface area contributed by atoms with Gasteiger partial charge in [0.25, 0.3) is 0 Å². The van der Waals surface area contributed by atoms with Crippen LogP contribution in [-0.4, -0.2) is 56.2 Å². The van der Waals surface area contributed by atoms with Crippen molar-refractivity contribution in [2.45, 2.75) is 20.4 Å². The number of piperazine rings is 1. The van der Waals surface area contributed by atoms with E-state index < -0.39 is 0 Å². The Morgan fingerprint density at radius 2 is 1.70 bits per heavy atom. The first-order chi connectivity index (χ1) is 10.2. The van der Waals surface area contributed by atoms with Crippen molar-refractivity contribution in [2.24, 2.45) is 0 Å². The van der Waals surface area contributed by atoms with E-state index in [4.69, 9.17) is 0 Å². The summed E-state index contributed by atoms with van der Waals surface area (Å²) in [4.78, 5) is 15.4. The monoisotopic (exact) mass is 360 g/mol. The first-order valence-corrected chi connectivity index (χ1v) is 7.13. The van der Waals surface area contributed by atoms with Crippen LogP contribution in [0.3, 0.4) is 0 Å². The molecule has 2 aromatic heterocycles. The third-order valence-corrected chi connectivity index (χ3v) is 3.32. The zero-order chi connectivity index (χ0) is 14.7. The molecule has 1 fully saturated rings. The predicted octanol–water partition coefficient (Wildman–Crippen LogP) is 1.20. The van der Waals surface area contributed by atoms with Crippen LogP contribution in [0.15, 0.2) is 6.07 Å². The van der Waals surface area contributed by atoms with Crippen LogP contribution in [0.5, 0.6) is 0 Å². The van der Waals surface area contributed by atoms with Crippen LogP contribution < -0.4 is 10.6 Å². The van der Waals surface area contributed by atoms with E-state index in [1.807, 2.05) is 19.9 Å². The SMILES string of the molecule is Cc1cc(C)nc(Nc2n[nH]c(CN3CCNCC3)n2)n1.Cl.Cl. The highest BCUT2D eigenvalue weighted by atomic mass is 35.5. The zero-order valence-corrected chi connectivity index (χ0v) is 14.8. The molecule has 23 heavy (non-hydrogen) atoms. The van der Waals surface area contributed by atoms with Gasteiger partial charge in [0.2, 0.25) is 11.9 Å². The molecule has 128 valence electrons. The molecule has 0 spiro atoms. The van der Waals surface area contributed by atoms with E-state index in [-0.39, 0.29) is 24.8 Å². The van der Waals surface area contributed by atoms with Crippen LogP contribution >= 0.6 is 24.8 Å². The molecule has 0 aromatic carbocycles. The van der Waals surface area contributed by atoms with Crippen LogP contribution in [0.4, 0.5) is 11.9 Å².